The summed E-state index contributed by atoms with van der Waals surface area (Å²) in [5.74, 6) is 1.16. The van der Waals surface area contributed by atoms with Crippen LogP contribution in [0.5, 0.6) is 0 Å². The van der Waals surface area contributed by atoms with Gasteiger partial charge < -0.3 is 10.3 Å². The number of anilines is 1. The molecule has 0 aromatic carbocycles. The summed E-state index contributed by atoms with van der Waals surface area (Å²) in [5, 5.41) is 0. The smallest absolute Gasteiger partial charge is 0.163 e. The lowest BCUT2D eigenvalue weighted by Crippen LogP contribution is -1.93. The molecule has 0 atom stereocenters. The summed E-state index contributed by atoms with van der Waals surface area (Å²) in [6.07, 6.45) is 5.56. The molecule has 0 fully saturated rings. The molecule has 0 amide bonds. The Balaban J connectivity index is 2.46. The molecule has 0 radical (unpaired) electrons. The van der Waals surface area contributed by atoms with Crippen LogP contribution >= 0.6 is 0 Å². The van der Waals surface area contributed by atoms with Crippen molar-refractivity contribution in [1.29, 1.82) is 0 Å². The van der Waals surface area contributed by atoms with Gasteiger partial charge in [0.1, 0.15) is 5.82 Å². The second-order valence-electron chi connectivity index (χ2n) is 2.87. The Morgan fingerprint density at radius 1 is 1.38 bits per heavy atom. The molecule has 2 heterocycles. The lowest BCUT2D eigenvalue weighted by Gasteiger charge is -1.96. The van der Waals surface area contributed by atoms with Crippen LogP contribution in [0.25, 0.3) is 11.4 Å². The Morgan fingerprint density at radius 2 is 2.23 bits per heavy atom. The first-order valence-electron chi connectivity index (χ1n) is 3.96. The van der Waals surface area contributed by atoms with Crippen LogP contribution in [-0.4, -0.2) is 14.5 Å². The molecule has 0 aliphatic heterocycles. The molecule has 13 heavy (non-hydrogen) atoms. The Kier molecular flexibility index (Phi) is 1.73. The Hall–Kier alpha value is -1.84. The van der Waals surface area contributed by atoms with E-state index in [2.05, 4.69) is 9.97 Å². The molecule has 0 unspecified atom stereocenters. The first-order valence-corrected chi connectivity index (χ1v) is 3.96. The summed E-state index contributed by atoms with van der Waals surface area (Å²) < 4.78 is 1.95. The highest BCUT2D eigenvalue weighted by Gasteiger charge is 2.01. The minimum atomic E-state index is 0.494. The molecular weight excluding hydrogens is 164 g/mol. The number of nitrogens with two attached hydrogens (primary N) is 1. The summed E-state index contributed by atoms with van der Waals surface area (Å²) in [4.78, 5) is 8.23. The number of aromatic nitrogens is 3. The van der Waals surface area contributed by atoms with Gasteiger partial charge in [-0.25, -0.2) is 9.97 Å². The van der Waals surface area contributed by atoms with Crippen LogP contribution in [0.15, 0.2) is 30.7 Å². The van der Waals surface area contributed by atoms with Crippen molar-refractivity contribution >= 4 is 5.82 Å². The Morgan fingerprint density at radius 3 is 2.85 bits per heavy atom. The van der Waals surface area contributed by atoms with E-state index >= 15 is 0 Å². The van der Waals surface area contributed by atoms with E-state index < -0.39 is 0 Å². The van der Waals surface area contributed by atoms with E-state index in [0.717, 1.165) is 5.56 Å². The SMILES string of the molecule is Cn1ccc(-c2nccc(N)n2)c1. The van der Waals surface area contributed by atoms with Crippen LogP contribution < -0.4 is 5.73 Å². The summed E-state index contributed by atoms with van der Waals surface area (Å²) in [7, 11) is 1.95. The topological polar surface area (TPSA) is 56.7 Å². The van der Waals surface area contributed by atoms with Gasteiger partial charge in [-0.3, -0.25) is 0 Å². The number of nitrogen functional groups attached to an aromatic ring is 1. The van der Waals surface area contributed by atoms with Crippen LogP contribution in [0.3, 0.4) is 0 Å². The van der Waals surface area contributed by atoms with Crippen molar-refractivity contribution in [2.75, 3.05) is 5.73 Å². The average Bonchev–Trinajstić information content (AvgIpc) is 2.52. The van der Waals surface area contributed by atoms with Gasteiger partial charge in [0.15, 0.2) is 5.82 Å². The normalized spacial score (nSPS) is 10.2. The van der Waals surface area contributed by atoms with Crippen molar-refractivity contribution < 1.29 is 0 Å². The number of aryl methyl sites for hydroxylation is 1. The van der Waals surface area contributed by atoms with Crippen LogP contribution in [0, 0.1) is 0 Å². The third-order valence-electron chi connectivity index (χ3n) is 1.77. The third-order valence-corrected chi connectivity index (χ3v) is 1.77. The molecule has 0 bridgehead atoms. The molecular formula is C9H10N4. The second kappa shape index (κ2) is 2.90. The standard InChI is InChI=1S/C9H10N4/c1-13-5-3-7(6-13)9-11-4-2-8(10)12-9/h2-6H,1H3,(H2,10,11,12). The molecule has 66 valence electrons. The maximum absolute atomic E-state index is 5.54. The van der Waals surface area contributed by atoms with E-state index in [0.29, 0.717) is 11.6 Å². The number of nitrogens with zero attached hydrogens (tertiary/aromatic N) is 3. The third kappa shape index (κ3) is 1.51. The fourth-order valence-electron chi connectivity index (χ4n) is 1.15. The van der Waals surface area contributed by atoms with Crippen molar-refractivity contribution in [2.24, 2.45) is 7.05 Å². The van der Waals surface area contributed by atoms with Gasteiger partial charge in [0.2, 0.25) is 0 Å². The van der Waals surface area contributed by atoms with Gasteiger partial charge in [-0.1, -0.05) is 0 Å². The highest BCUT2D eigenvalue weighted by Crippen LogP contribution is 2.14. The molecule has 0 saturated heterocycles. The number of rotatable bonds is 1. The lowest BCUT2D eigenvalue weighted by molar-refractivity contribution is 0.927. The molecule has 2 aromatic heterocycles. The summed E-state index contributed by atoms with van der Waals surface area (Å²) in [6.45, 7) is 0. The molecule has 2 aromatic rings. The van der Waals surface area contributed by atoms with Crippen molar-refractivity contribution in [1.82, 2.24) is 14.5 Å². The molecule has 0 saturated carbocycles. The fourth-order valence-corrected chi connectivity index (χ4v) is 1.15. The minimum Gasteiger partial charge on any atom is -0.384 e. The van der Waals surface area contributed by atoms with E-state index in [-0.39, 0.29) is 0 Å². The molecule has 4 heteroatoms. The monoisotopic (exact) mass is 174 g/mol. The summed E-state index contributed by atoms with van der Waals surface area (Å²) in [6, 6.07) is 3.63. The van der Waals surface area contributed by atoms with Crippen molar-refractivity contribution in [3.05, 3.63) is 30.7 Å². The molecule has 2 rings (SSSR count). The second-order valence-corrected chi connectivity index (χ2v) is 2.87. The molecule has 0 aliphatic carbocycles. The van der Waals surface area contributed by atoms with Gasteiger partial charge in [-0.15, -0.1) is 0 Å². The van der Waals surface area contributed by atoms with E-state index in [9.17, 15) is 0 Å². The highest BCUT2D eigenvalue weighted by atomic mass is 15.0. The first kappa shape index (κ1) is 7.79. The quantitative estimate of drug-likeness (QED) is 0.703. The molecule has 4 nitrogen and oxygen atoms in total. The fraction of sp³-hybridized carbons (Fsp3) is 0.111. The number of hydrogen-bond acceptors (Lipinski definition) is 3. The van der Waals surface area contributed by atoms with Crippen molar-refractivity contribution in [3.63, 3.8) is 0 Å². The molecule has 2 N–H and O–H groups in total. The van der Waals surface area contributed by atoms with Crippen LogP contribution in [0.4, 0.5) is 5.82 Å². The van der Waals surface area contributed by atoms with E-state index in [1.54, 1.807) is 12.3 Å². The van der Waals surface area contributed by atoms with Crippen molar-refractivity contribution in [2.45, 2.75) is 0 Å². The van der Waals surface area contributed by atoms with E-state index in [1.807, 2.05) is 30.1 Å². The highest BCUT2D eigenvalue weighted by molar-refractivity contribution is 5.55. The van der Waals surface area contributed by atoms with Crippen LogP contribution in [0.2, 0.25) is 0 Å². The first-order chi connectivity index (χ1) is 6.25. The largest absolute Gasteiger partial charge is 0.384 e. The lowest BCUT2D eigenvalue weighted by atomic mass is 10.3. The summed E-state index contributed by atoms with van der Waals surface area (Å²) in [5.41, 5.74) is 6.53. The van der Waals surface area contributed by atoms with Gasteiger partial charge in [0.05, 0.1) is 0 Å². The van der Waals surface area contributed by atoms with E-state index in [4.69, 9.17) is 5.73 Å². The zero-order chi connectivity index (χ0) is 9.26. The Labute approximate surface area is 76.1 Å². The van der Waals surface area contributed by atoms with Gasteiger partial charge >= 0.3 is 0 Å². The summed E-state index contributed by atoms with van der Waals surface area (Å²) >= 11 is 0. The van der Waals surface area contributed by atoms with E-state index in [1.165, 1.54) is 0 Å². The predicted octanol–water partition coefficient (Wildman–Crippen LogP) is 1.06. The van der Waals surface area contributed by atoms with Crippen LogP contribution in [-0.2, 0) is 7.05 Å². The van der Waals surface area contributed by atoms with Crippen LogP contribution in [0.1, 0.15) is 0 Å². The van der Waals surface area contributed by atoms with Gasteiger partial charge in [-0.2, -0.15) is 0 Å². The van der Waals surface area contributed by atoms with Gasteiger partial charge in [0, 0.05) is 31.2 Å². The maximum atomic E-state index is 5.54. The predicted molar refractivity (Wildman–Crippen MR) is 50.9 cm³/mol. The Bertz CT molecular complexity index is 419. The van der Waals surface area contributed by atoms with Gasteiger partial charge in [-0.05, 0) is 12.1 Å². The number of hydrogen-bond donors (Lipinski definition) is 1. The van der Waals surface area contributed by atoms with Crippen molar-refractivity contribution in [3.8, 4) is 11.4 Å². The maximum Gasteiger partial charge on any atom is 0.163 e. The zero-order valence-electron chi connectivity index (χ0n) is 7.31. The minimum absolute atomic E-state index is 0.494. The zero-order valence-corrected chi connectivity index (χ0v) is 7.31. The molecule has 0 aliphatic rings. The average molecular weight is 174 g/mol. The van der Waals surface area contributed by atoms with Gasteiger partial charge in [0.25, 0.3) is 0 Å². The molecule has 0 spiro atoms.